The monoisotopic (exact) mass is 330 g/mol. The van der Waals surface area contributed by atoms with Gasteiger partial charge in [0.05, 0.1) is 44.6 Å². The first-order chi connectivity index (χ1) is 11.6. The molecule has 0 spiro atoms. The van der Waals surface area contributed by atoms with Crippen molar-refractivity contribution in [2.45, 2.75) is 19.9 Å². The first kappa shape index (κ1) is 16.7. The lowest BCUT2D eigenvalue weighted by molar-refractivity contribution is -0.146. The van der Waals surface area contributed by atoms with E-state index in [-0.39, 0.29) is 12.0 Å². The largest absolute Gasteiger partial charge is 0.464 e. The summed E-state index contributed by atoms with van der Waals surface area (Å²) in [6.07, 6.45) is 0.973. The van der Waals surface area contributed by atoms with E-state index in [9.17, 15) is 9.90 Å². The van der Waals surface area contributed by atoms with Crippen LogP contribution in [0.2, 0.25) is 0 Å². The Morgan fingerprint density at radius 2 is 2.08 bits per heavy atom. The van der Waals surface area contributed by atoms with Crippen molar-refractivity contribution >= 4 is 5.97 Å². The Morgan fingerprint density at radius 1 is 1.38 bits per heavy atom. The Balaban J connectivity index is 1.94. The van der Waals surface area contributed by atoms with Gasteiger partial charge in [0.2, 0.25) is 0 Å². The molecule has 0 bridgehead atoms. The Labute approximate surface area is 141 Å². The minimum Gasteiger partial charge on any atom is -0.464 e. The third-order valence-corrected chi connectivity index (χ3v) is 4.47. The zero-order valence-corrected chi connectivity index (χ0v) is 14.0. The van der Waals surface area contributed by atoms with Gasteiger partial charge in [-0.2, -0.15) is 5.10 Å². The van der Waals surface area contributed by atoms with Crippen molar-refractivity contribution in [1.82, 2.24) is 9.78 Å². The van der Waals surface area contributed by atoms with E-state index in [0.717, 1.165) is 12.0 Å². The number of carbonyl (C=O) groups is 1. The van der Waals surface area contributed by atoms with Crippen LogP contribution in [0.15, 0.2) is 30.3 Å². The molecule has 0 aliphatic carbocycles. The molecule has 1 saturated heterocycles. The van der Waals surface area contributed by atoms with Crippen molar-refractivity contribution < 1.29 is 19.4 Å². The van der Waals surface area contributed by atoms with Gasteiger partial charge in [-0.25, -0.2) is 4.79 Å². The zero-order chi connectivity index (χ0) is 17.2. The third kappa shape index (κ3) is 3.07. The van der Waals surface area contributed by atoms with E-state index in [1.807, 2.05) is 12.1 Å². The van der Waals surface area contributed by atoms with E-state index in [1.54, 1.807) is 10.7 Å². The second kappa shape index (κ2) is 6.75. The SMILES string of the molecule is CCc1ccc(-c2cc(C(=O)OC)n(CC3(CO)COC3)n2)cc1. The maximum absolute atomic E-state index is 12.1. The predicted octanol–water partition coefficient (Wildman–Crippen LogP) is 1.91. The molecule has 6 nitrogen and oxygen atoms in total. The number of esters is 1. The number of hydrogen-bond donors (Lipinski definition) is 1. The van der Waals surface area contributed by atoms with E-state index in [1.165, 1.54) is 12.7 Å². The number of aliphatic hydroxyl groups excluding tert-OH is 1. The van der Waals surface area contributed by atoms with Gasteiger partial charge in [0.1, 0.15) is 5.69 Å². The quantitative estimate of drug-likeness (QED) is 0.819. The average Bonchev–Trinajstić information content (AvgIpc) is 3.01. The number of aliphatic hydroxyl groups is 1. The fourth-order valence-corrected chi connectivity index (χ4v) is 2.80. The maximum atomic E-state index is 12.1. The van der Waals surface area contributed by atoms with Crippen LogP contribution in [-0.4, -0.2) is 47.8 Å². The van der Waals surface area contributed by atoms with Crippen LogP contribution >= 0.6 is 0 Å². The Kier molecular flexibility index (Phi) is 4.69. The summed E-state index contributed by atoms with van der Waals surface area (Å²) in [7, 11) is 1.35. The van der Waals surface area contributed by atoms with Gasteiger partial charge in [0.15, 0.2) is 0 Å². The highest BCUT2D eigenvalue weighted by molar-refractivity contribution is 5.89. The van der Waals surface area contributed by atoms with Crippen molar-refractivity contribution in [2.75, 3.05) is 26.9 Å². The lowest BCUT2D eigenvalue weighted by Crippen LogP contribution is -2.49. The number of benzene rings is 1. The van der Waals surface area contributed by atoms with Gasteiger partial charge >= 0.3 is 5.97 Å². The van der Waals surface area contributed by atoms with Crippen LogP contribution in [0.4, 0.5) is 0 Å². The Hall–Kier alpha value is -2.18. The first-order valence-electron chi connectivity index (χ1n) is 8.05. The molecule has 0 saturated carbocycles. The van der Waals surface area contributed by atoms with Gasteiger partial charge in [-0.05, 0) is 18.1 Å². The van der Waals surface area contributed by atoms with Gasteiger partial charge in [-0.15, -0.1) is 0 Å². The molecule has 128 valence electrons. The first-order valence-corrected chi connectivity index (χ1v) is 8.05. The summed E-state index contributed by atoms with van der Waals surface area (Å²) in [6, 6.07) is 9.85. The highest BCUT2D eigenvalue weighted by atomic mass is 16.5. The van der Waals surface area contributed by atoms with Gasteiger partial charge in [0.25, 0.3) is 0 Å². The topological polar surface area (TPSA) is 73.6 Å². The van der Waals surface area contributed by atoms with Crippen molar-refractivity contribution in [1.29, 1.82) is 0 Å². The van der Waals surface area contributed by atoms with Gasteiger partial charge in [-0.1, -0.05) is 31.2 Å². The normalized spacial score (nSPS) is 15.8. The molecule has 1 aromatic carbocycles. The number of ether oxygens (including phenoxy) is 2. The van der Waals surface area contributed by atoms with Gasteiger partial charge in [-0.3, -0.25) is 4.68 Å². The highest BCUT2D eigenvalue weighted by Gasteiger charge is 2.39. The summed E-state index contributed by atoms with van der Waals surface area (Å²) < 4.78 is 11.7. The number of carbonyl (C=O) groups excluding carboxylic acids is 1. The molecule has 6 heteroatoms. The number of methoxy groups -OCH3 is 1. The van der Waals surface area contributed by atoms with Crippen molar-refractivity contribution in [3.63, 3.8) is 0 Å². The minimum atomic E-state index is -0.438. The summed E-state index contributed by atoms with van der Waals surface area (Å²) in [5, 5.41) is 14.2. The minimum absolute atomic E-state index is 0.00595. The number of aryl methyl sites for hydroxylation is 1. The summed E-state index contributed by atoms with van der Waals surface area (Å²) in [4.78, 5) is 12.1. The third-order valence-electron chi connectivity index (χ3n) is 4.47. The molecule has 0 atom stereocenters. The molecule has 1 fully saturated rings. The molecule has 1 aromatic heterocycles. The predicted molar refractivity (Wildman–Crippen MR) is 88.7 cm³/mol. The van der Waals surface area contributed by atoms with Crippen molar-refractivity contribution in [3.05, 3.63) is 41.6 Å². The molecule has 2 heterocycles. The summed E-state index contributed by atoms with van der Waals surface area (Å²) in [5.41, 5.74) is 2.91. The zero-order valence-electron chi connectivity index (χ0n) is 14.0. The van der Waals surface area contributed by atoms with E-state index < -0.39 is 5.97 Å². The fraction of sp³-hybridized carbons (Fsp3) is 0.444. The van der Waals surface area contributed by atoms with Crippen LogP contribution in [0.3, 0.4) is 0 Å². The second-order valence-electron chi connectivity index (χ2n) is 6.27. The van der Waals surface area contributed by atoms with Crippen LogP contribution in [0.1, 0.15) is 23.0 Å². The molecule has 0 amide bonds. The summed E-state index contributed by atoms with van der Waals surface area (Å²) >= 11 is 0. The van der Waals surface area contributed by atoms with Crippen LogP contribution in [0.5, 0.6) is 0 Å². The number of nitrogens with zero attached hydrogens (tertiary/aromatic N) is 2. The lowest BCUT2D eigenvalue weighted by atomic mass is 9.87. The maximum Gasteiger partial charge on any atom is 0.356 e. The fourth-order valence-electron chi connectivity index (χ4n) is 2.80. The van der Waals surface area contributed by atoms with E-state index in [4.69, 9.17) is 9.47 Å². The van der Waals surface area contributed by atoms with Crippen molar-refractivity contribution in [2.24, 2.45) is 5.41 Å². The molecule has 1 aliphatic heterocycles. The summed E-state index contributed by atoms with van der Waals surface area (Å²) in [5.74, 6) is -0.438. The molecule has 0 unspecified atom stereocenters. The smallest absolute Gasteiger partial charge is 0.356 e. The van der Waals surface area contributed by atoms with Crippen LogP contribution in [0.25, 0.3) is 11.3 Å². The number of hydrogen-bond acceptors (Lipinski definition) is 5. The van der Waals surface area contributed by atoms with Crippen LogP contribution in [0, 0.1) is 5.41 Å². The van der Waals surface area contributed by atoms with Crippen LogP contribution < -0.4 is 0 Å². The van der Waals surface area contributed by atoms with E-state index >= 15 is 0 Å². The number of aromatic nitrogens is 2. The van der Waals surface area contributed by atoms with Crippen molar-refractivity contribution in [3.8, 4) is 11.3 Å². The van der Waals surface area contributed by atoms with E-state index in [0.29, 0.717) is 31.1 Å². The Bertz CT molecular complexity index is 712. The molecular formula is C18H22N2O4. The molecular weight excluding hydrogens is 308 g/mol. The van der Waals surface area contributed by atoms with E-state index in [2.05, 4.69) is 24.2 Å². The molecule has 0 radical (unpaired) electrons. The highest BCUT2D eigenvalue weighted by Crippen LogP contribution is 2.30. The molecule has 2 aromatic rings. The molecule has 24 heavy (non-hydrogen) atoms. The molecule has 3 rings (SSSR count). The second-order valence-corrected chi connectivity index (χ2v) is 6.27. The Morgan fingerprint density at radius 3 is 2.58 bits per heavy atom. The molecule has 1 N–H and O–H groups in total. The molecule has 1 aliphatic rings. The van der Waals surface area contributed by atoms with Gasteiger partial charge in [0, 0.05) is 5.56 Å². The average molecular weight is 330 g/mol. The lowest BCUT2D eigenvalue weighted by Gasteiger charge is -2.39. The van der Waals surface area contributed by atoms with Crippen LogP contribution in [-0.2, 0) is 22.4 Å². The summed E-state index contributed by atoms with van der Waals surface area (Å²) in [6.45, 7) is 3.44. The van der Waals surface area contributed by atoms with Gasteiger partial charge < -0.3 is 14.6 Å². The number of rotatable bonds is 6. The standard InChI is InChI=1S/C18H22N2O4/c1-3-13-4-6-14(7-5-13)15-8-16(17(22)23-2)20(19-15)9-18(10-21)11-24-12-18/h4-8,21H,3,9-12H2,1-2H3.